The maximum absolute atomic E-state index is 5.60. The van der Waals surface area contributed by atoms with E-state index in [1.54, 1.807) is 14.2 Å². The molecule has 0 saturated carbocycles. The van der Waals surface area contributed by atoms with Crippen LogP contribution >= 0.6 is 0 Å². The van der Waals surface area contributed by atoms with E-state index in [0.717, 1.165) is 29.0 Å². The quantitative estimate of drug-likeness (QED) is 0.341. The standard InChI is InChI=1S/C33H47N3O2/c1-22(2)21-35-15-13-27(14-16-35)36-17-11-24(12-18-36)25-7-9-29-28(19-25)32(23(3)4)33(34-29)26-8-10-30(37-5)31(20-26)38-6/h7-10,19-20,22-24,27,34H,11-18,21H2,1-6H3. The highest BCUT2D eigenvalue weighted by atomic mass is 16.5. The first-order chi connectivity index (χ1) is 18.4. The van der Waals surface area contributed by atoms with Gasteiger partial charge < -0.3 is 24.3 Å². The van der Waals surface area contributed by atoms with Crippen molar-refractivity contribution in [1.29, 1.82) is 0 Å². The SMILES string of the molecule is COc1ccc(-c2[nH]c3ccc(C4CCN(C5CCN(CC(C)C)CC5)CC4)cc3c2C(C)C)cc1OC. The molecule has 0 unspecified atom stereocenters. The molecule has 2 fully saturated rings. The number of likely N-dealkylation sites (tertiary alicyclic amines) is 2. The summed E-state index contributed by atoms with van der Waals surface area (Å²) in [6, 6.07) is 14.1. The Bertz CT molecular complexity index is 1210. The van der Waals surface area contributed by atoms with Crippen LogP contribution < -0.4 is 9.47 Å². The Hall–Kier alpha value is -2.50. The van der Waals surface area contributed by atoms with Crippen molar-refractivity contribution in [1.82, 2.24) is 14.8 Å². The summed E-state index contributed by atoms with van der Waals surface area (Å²) in [5.74, 6) is 3.34. The third kappa shape index (κ3) is 5.60. The largest absolute Gasteiger partial charge is 0.493 e. The van der Waals surface area contributed by atoms with Gasteiger partial charge in [0.05, 0.1) is 19.9 Å². The Morgan fingerprint density at radius 2 is 1.55 bits per heavy atom. The van der Waals surface area contributed by atoms with Gasteiger partial charge in [0.25, 0.3) is 0 Å². The van der Waals surface area contributed by atoms with E-state index in [2.05, 4.69) is 72.8 Å². The number of nitrogens with zero attached hydrogens (tertiary/aromatic N) is 2. The predicted octanol–water partition coefficient (Wildman–Crippen LogP) is 7.28. The number of aromatic nitrogens is 1. The van der Waals surface area contributed by atoms with Crippen LogP contribution in [0.1, 0.15) is 76.3 Å². The number of aromatic amines is 1. The molecule has 0 spiro atoms. The van der Waals surface area contributed by atoms with E-state index >= 15 is 0 Å². The number of hydrogen-bond donors (Lipinski definition) is 1. The number of hydrogen-bond acceptors (Lipinski definition) is 4. The normalized spacial score (nSPS) is 18.6. The van der Waals surface area contributed by atoms with Crippen molar-refractivity contribution in [2.24, 2.45) is 5.92 Å². The molecule has 0 bridgehead atoms. The summed E-state index contributed by atoms with van der Waals surface area (Å²) in [6.45, 7) is 15.5. The van der Waals surface area contributed by atoms with E-state index in [1.165, 1.54) is 86.1 Å². The lowest BCUT2D eigenvalue weighted by atomic mass is 9.86. The van der Waals surface area contributed by atoms with Crippen LogP contribution in [-0.4, -0.2) is 67.8 Å². The van der Waals surface area contributed by atoms with Crippen molar-refractivity contribution >= 4 is 10.9 Å². The molecule has 3 aromatic rings. The van der Waals surface area contributed by atoms with Gasteiger partial charge in [-0.3, -0.25) is 0 Å². The summed E-state index contributed by atoms with van der Waals surface area (Å²) in [5.41, 5.74) is 6.43. The molecule has 0 radical (unpaired) electrons. The summed E-state index contributed by atoms with van der Waals surface area (Å²) in [5, 5.41) is 1.36. The minimum atomic E-state index is 0.408. The zero-order chi connectivity index (χ0) is 26.8. The van der Waals surface area contributed by atoms with E-state index < -0.39 is 0 Å². The van der Waals surface area contributed by atoms with Crippen LogP contribution in [0.4, 0.5) is 0 Å². The van der Waals surface area contributed by atoms with Gasteiger partial charge in [-0.1, -0.05) is 33.8 Å². The van der Waals surface area contributed by atoms with Crippen LogP contribution in [0.5, 0.6) is 11.5 Å². The summed E-state index contributed by atoms with van der Waals surface area (Å²) < 4.78 is 11.1. The Morgan fingerprint density at radius 3 is 2.18 bits per heavy atom. The molecular weight excluding hydrogens is 470 g/mol. The van der Waals surface area contributed by atoms with Crippen LogP contribution in [-0.2, 0) is 0 Å². The van der Waals surface area contributed by atoms with Crippen molar-refractivity contribution < 1.29 is 9.47 Å². The van der Waals surface area contributed by atoms with E-state index in [4.69, 9.17) is 9.47 Å². The number of methoxy groups -OCH3 is 2. The molecule has 1 N–H and O–H groups in total. The molecule has 2 saturated heterocycles. The first kappa shape index (κ1) is 27.1. The summed E-state index contributed by atoms with van der Waals surface area (Å²) in [4.78, 5) is 9.21. The zero-order valence-electron chi connectivity index (χ0n) is 24.3. The first-order valence-corrected chi connectivity index (χ1v) is 14.7. The van der Waals surface area contributed by atoms with Gasteiger partial charge in [0.15, 0.2) is 11.5 Å². The molecule has 0 amide bonds. The molecule has 206 valence electrons. The minimum absolute atomic E-state index is 0.408. The molecule has 5 heteroatoms. The maximum atomic E-state index is 5.60. The number of nitrogens with one attached hydrogen (secondary N) is 1. The summed E-state index contributed by atoms with van der Waals surface area (Å²) in [6.07, 6.45) is 5.20. The first-order valence-electron chi connectivity index (χ1n) is 14.7. The van der Waals surface area contributed by atoms with E-state index in [1.807, 2.05) is 6.07 Å². The molecule has 2 aliphatic rings. The van der Waals surface area contributed by atoms with Crippen molar-refractivity contribution in [3.63, 3.8) is 0 Å². The van der Waals surface area contributed by atoms with E-state index in [0.29, 0.717) is 11.8 Å². The number of benzene rings is 2. The Labute approximate surface area is 229 Å². The van der Waals surface area contributed by atoms with Gasteiger partial charge in [-0.15, -0.1) is 0 Å². The smallest absolute Gasteiger partial charge is 0.161 e. The highest BCUT2D eigenvalue weighted by molar-refractivity contribution is 5.92. The number of piperidine rings is 2. The van der Waals surface area contributed by atoms with Crippen LogP contribution in [0.25, 0.3) is 22.2 Å². The summed E-state index contributed by atoms with van der Waals surface area (Å²) >= 11 is 0. The third-order valence-corrected chi connectivity index (χ3v) is 8.81. The highest BCUT2D eigenvalue weighted by Crippen LogP contribution is 2.40. The molecule has 38 heavy (non-hydrogen) atoms. The van der Waals surface area contributed by atoms with Gasteiger partial charge >= 0.3 is 0 Å². The van der Waals surface area contributed by atoms with Crippen molar-refractivity contribution in [2.45, 2.75) is 71.3 Å². The summed E-state index contributed by atoms with van der Waals surface area (Å²) in [7, 11) is 3.38. The second-order valence-corrected chi connectivity index (χ2v) is 12.2. The highest BCUT2D eigenvalue weighted by Gasteiger charge is 2.29. The molecule has 5 nitrogen and oxygen atoms in total. The number of H-pyrrole nitrogens is 1. The zero-order valence-corrected chi connectivity index (χ0v) is 24.3. The van der Waals surface area contributed by atoms with Crippen LogP contribution in [0.15, 0.2) is 36.4 Å². The van der Waals surface area contributed by atoms with Gasteiger partial charge in [-0.05, 0) is 111 Å². The molecule has 3 heterocycles. The van der Waals surface area contributed by atoms with Crippen molar-refractivity contribution in [3.05, 3.63) is 47.5 Å². The second kappa shape index (κ2) is 11.7. The average Bonchev–Trinajstić information content (AvgIpc) is 3.32. The molecule has 0 aliphatic carbocycles. The van der Waals surface area contributed by atoms with Crippen molar-refractivity contribution in [2.75, 3.05) is 46.9 Å². The molecule has 2 aromatic carbocycles. The molecular formula is C33H47N3O2. The van der Waals surface area contributed by atoms with Crippen LogP contribution in [0.3, 0.4) is 0 Å². The predicted molar refractivity (Wildman–Crippen MR) is 159 cm³/mol. The topological polar surface area (TPSA) is 40.7 Å². The van der Waals surface area contributed by atoms with Gasteiger partial charge in [-0.2, -0.15) is 0 Å². The molecule has 2 aliphatic heterocycles. The second-order valence-electron chi connectivity index (χ2n) is 12.2. The fraction of sp³-hybridized carbons (Fsp3) is 0.576. The molecule has 0 atom stereocenters. The number of rotatable bonds is 8. The van der Waals surface area contributed by atoms with E-state index in [-0.39, 0.29) is 0 Å². The number of fused-ring (bicyclic) bond motifs is 1. The molecule has 1 aromatic heterocycles. The van der Waals surface area contributed by atoms with Crippen LogP contribution in [0, 0.1) is 5.92 Å². The van der Waals surface area contributed by atoms with E-state index in [9.17, 15) is 0 Å². The average molecular weight is 518 g/mol. The van der Waals surface area contributed by atoms with Gasteiger partial charge in [0, 0.05) is 29.1 Å². The van der Waals surface area contributed by atoms with Crippen LogP contribution in [0.2, 0.25) is 0 Å². The van der Waals surface area contributed by atoms with Gasteiger partial charge in [-0.25, -0.2) is 0 Å². The number of ether oxygens (including phenoxy) is 2. The lowest BCUT2D eigenvalue weighted by molar-refractivity contribution is 0.0828. The third-order valence-electron chi connectivity index (χ3n) is 8.81. The Morgan fingerprint density at radius 1 is 0.842 bits per heavy atom. The van der Waals surface area contributed by atoms with Gasteiger partial charge in [0.1, 0.15) is 0 Å². The lowest BCUT2D eigenvalue weighted by Gasteiger charge is -2.42. The Balaban J connectivity index is 1.32. The van der Waals surface area contributed by atoms with Crippen molar-refractivity contribution in [3.8, 4) is 22.8 Å². The monoisotopic (exact) mass is 517 g/mol. The molecule has 5 rings (SSSR count). The minimum Gasteiger partial charge on any atom is -0.493 e. The fourth-order valence-electron chi connectivity index (χ4n) is 6.88. The fourth-order valence-corrected chi connectivity index (χ4v) is 6.88. The van der Waals surface area contributed by atoms with Gasteiger partial charge in [0.2, 0.25) is 0 Å². The Kier molecular flexibility index (Phi) is 8.35. The maximum Gasteiger partial charge on any atom is 0.161 e. The lowest BCUT2D eigenvalue weighted by Crippen LogP contribution is -2.48.